The van der Waals surface area contributed by atoms with Crippen molar-refractivity contribution in [3.63, 3.8) is 0 Å². The third kappa shape index (κ3) is 3.07. The van der Waals surface area contributed by atoms with Crippen LogP contribution in [0.2, 0.25) is 0 Å². The lowest BCUT2D eigenvalue weighted by molar-refractivity contribution is 0.00509. The zero-order valence-corrected chi connectivity index (χ0v) is 13.1. The van der Waals surface area contributed by atoms with Crippen LogP contribution in [0, 0.1) is 0 Å². The van der Waals surface area contributed by atoms with Crippen LogP contribution >= 0.6 is 0 Å². The van der Waals surface area contributed by atoms with E-state index in [1.165, 1.54) is 0 Å². The first kappa shape index (κ1) is 14.8. The average Bonchev–Trinajstić information content (AvgIpc) is 3.18. The van der Waals surface area contributed by atoms with Gasteiger partial charge < -0.3 is 18.8 Å². The number of hydrogen-bond acceptors (Lipinski definition) is 5. The van der Waals surface area contributed by atoms with Gasteiger partial charge in [0, 0.05) is 6.20 Å². The third-order valence-corrected chi connectivity index (χ3v) is 4.32. The lowest BCUT2D eigenvalue weighted by Crippen LogP contribution is -2.41. The second-order valence-corrected chi connectivity index (χ2v) is 6.60. The van der Waals surface area contributed by atoms with Gasteiger partial charge in [0.25, 0.3) is 0 Å². The van der Waals surface area contributed by atoms with Crippen LogP contribution in [-0.4, -0.2) is 36.2 Å². The van der Waals surface area contributed by atoms with Crippen molar-refractivity contribution in [2.75, 3.05) is 6.79 Å². The number of hydrogen-bond donors (Lipinski definition) is 0. The van der Waals surface area contributed by atoms with Crippen LogP contribution in [0.1, 0.15) is 40.5 Å². The van der Waals surface area contributed by atoms with Crippen LogP contribution in [-0.2, 0) is 14.0 Å². The first-order chi connectivity index (χ1) is 9.89. The summed E-state index contributed by atoms with van der Waals surface area (Å²) >= 11 is 0. The Hall–Kier alpha value is -1.11. The Bertz CT molecular complexity index is 500. The van der Waals surface area contributed by atoms with Crippen molar-refractivity contribution in [2.45, 2.75) is 57.8 Å². The van der Waals surface area contributed by atoms with E-state index in [0.717, 1.165) is 12.8 Å². The molecule has 0 atom stereocenters. The number of ether oxygens (including phenoxy) is 2. The summed E-state index contributed by atoms with van der Waals surface area (Å²) in [4.78, 5) is 4.37. The monoisotopic (exact) mass is 291 g/mol. The lowest BCUT2D eigenvalue weighted by Gasteiger charge is -2.32. The average molecular weight is 291 g/mol. The predicted octanol–water partition coefficient (Wildman–Crippen LogP) is 1.90. The van der Waals surface area contributed by atoms with Crippen LogP contribution in [0.4, 0.5) is 0 Å². The zero-order chi connectivity index (χ0) is 15.1. The van der Waals surface area contributed by atoms with E-state index in [4.69, 9.17) is 18.8 Å². The summed E-state index contributed by atoms with van der Waals surface area (Å²) in [6, 6.07) is 3.70. The zero-order valence-electron chi connectivity index (χ0n) is 13.1. The highest BCUT2D eigenvalue weighted by Gasteiger charge is 2.53. The maximum atomic E-state index is 6.02. The quantitative estimate of drug-likeness (QED) is 0.612. The highest BCUT2D eigenvalue weighted by molar-refractivity contribution is 6.62. The number of nitrogens with zero attached hydrogens (tertiary/aromatic N) is 1. The largest absolute Gasteiger partial charge is 0.518 e. The van der Waals surface area contributed by atoms with Crippen molar-refractivity contribution in [2.24, 2.45) is 0 Å². The summed E-state index contributed by atoms with van der Waals surface area (Å²) in [6.45, 7) is 8.32. The molecule has 0 spiro atoms. The van der Waals surface area contributed by atoms with E-state index < -0.39 is 18.3 Å². The second kappa shape index (κ2) is 5.27. The summed E-state index contributed by atoms with van der Waals surface area (Å²) in [5, 5.41) is 0. The molecule has 1 saturated carbocycles. The molecule has 1 saturated heterocycles. The van der Waals surface area contributed by atoms with Gasteiger partial charge in [-0.3, -0.25) is 4.98 Å². The molecule has 0 radical (unpaired) electrons. The topological polar surface area (TPSA) is 49.8 Å². The molecule has 5 nitrogen and oxygen atoms in total. The molecule has 0 unspecified atom stereocenters. The molecule has 0 amide bonds. The van der Waals surface area contributed by atoms with Crippen LogP contribution in [0.15, 0.2) is 18.3 Å². The van der Waals surface area contributed by atoms with Crippen molar-refractivity contribution < 1.29 is 18.8 Å². The number of rotatable bonds is 5. The molecular weight excluding hydrogens is 269 g/mol. The van der Waals surface area contributed by atoms with Crippen molar-refractivity contribution in [3.8, 4) is 5.75 Å². The smallest absolute Gasteiger partial charge is 0.466 e. The van der Waals surface area contributed by atoms with E-state index in [1.54, 1.807) is 6.20 Å². The molecule has 0 bridgehead atoms. The van der Waals surface area contributed by atoms with Crippen LogP contribution < -0.4 is 10.3 Å². The molecule has 114 valence electrons. The summed E-state index contributed by atoms with van der Waals surface area (Å²) in [7, 11) is -0.521. The van der Waals surface area contributed by atoms with E-state index in [-0.39, 0.29) is 6.79 Å². The molecule has 1 aliphatic carbocycles. The van der Waals surface area contributed by atoms with Crippen LogP contribution in [0.5, 0.6) is 5.75 Å². The van der Waals surface area contributed by atoms with Gasteiger partial charge >= 0.3 is 7.12 Å². The Morgan fingerprint density at radius 2 is 1.90 bits per heavy atom. The Morgan fingerprint density at radius 1 is 1.24 bits per heavy atom. The molecule has 1 aliphatic heterocycles. The number of pyridine rings is 1. The van der Waals surface area contributed by atoms with Crippen molar-refractivity contribution >= 4 is 12.7 Å². The predicted molar refractivity (Wildman–Crippen MR) is 79.6 cm³/mol. The summed E-state index contributed by atoms with van der Waals surface area (Å²) in [5.74, 6) is 0.650. The molecular formula is C15H22BNO4. The highest BCUT2D eigenvalue weighted by atomic mass is 16.7. The molecule has 3 rings (SSSR count). The Balaban J connectivity index is 1.72. The molecule has 21 heavy (non-hydrogen) atoms. The van der Waals surface area contributed by atoms with Gasteiger partial charge in [0.05, 0.1) is 17.3 Å². The van der Waals surface area contributed by atoms with E-state index in [2.05, 4.69) is 4.98 Å². The second-order valence-electron chi connectivity index (χ2n) is 6.60. The van der Waals surface area contributed by atoms with Crippen molar-refractivity contribution in [3.05, 3.63) is 18.3 Å². The maximum absolute atomic E-state index is 6.02. The van der Waals surface area contributed by atoms with Gasteiger partial charge in [0.1, 0.15) is 11.3 Å². The van der Waals surface area contributed by atoms with Gasteiger partial charge in [-0.25, -0.2) is 0 Å². The fourth-order valence-electron chi connectivity index (χ4n) is 2.08. The first-order valence-electron chi connectivity index (χ1n) is 7.44. The minimum absolute atomic E-state index is 0.239. The highest BCUT2D eigenvalue weighted by Crippen LogP contribution is 2.36. The van der Waals surface area contributed by atoms with Gasteiger partial charge in [-0.05, 0) is 52.7 Å². The fourth-order valence-corrected chi connectivity index (χ4v) is 2.08. The Labute approximate surface area is 126 Å². The Kier molecular flexibility index (Phi) is 3.72. The van der Waals surface area contributed by atoms with E-state index in [0.29, 0.717) is 17.4 Å². The minimum Gasteiger partial charge on any atom is -0.466 e. The van der Waals surface area contributed by atoms with Gasteiger partial charge in [-0.2, -0.15) is 0 Å². The summed E-state index contributed by atoms with van der Waals surface area (Å²) < 4.78 is 23.3. The SMILES string of the molecule is CC1(C)OB(c2ncccc2OCOC2CC2)OC1(C)C. The molecule has 1 aromatic rings. The minimum atomic E-state index is -0.521. The van der Waals surface area contributed by atoms with Crippen molar-refractivity contribution in [1.82, 2.24) is 4.98 Å². The van der Waals surface area contributed by atoms with E-state index in [1.807, 2.05) is 39.8 Å². The van der Waals surface area contributed by atoms with Gasteiger partial charge in [0.2, 0.25) is 0 Å². The maximum Gasteiger partial charge on any atom is 0.518 e. The Morgan fingerprint density at radius 3 is 2.52 bits per heavy atom. The standard InChI is InChI=1S/C15H22BNO4/c1-14(2)15(3,4)21-16(20-14)13-12(6-5-9-17-13)19-10-18-11-7-8-11/h5-6,9,11H,7-8,10H2,1-4H3. The van der Waals surface area contributed by atoms with E-state index >= 15 is 0 Å². The molecule has 0 aromatic carbocycles. The van der Waals surface area contributed by atoms with Gasteiger partial charge in [0.15, 0.2) is 6.79 Å². The molecule has 0 N–H and O–H groups in total. The van der Waals surface area contributed by atoms with Crippen LogP contribution in [0.3, 0.4) is 0 Å². The van der Waals surface area contributed by atoms with E-state index in [9.17, 15) is 0 Å². The molecule has 2 aliphatic rings. The summed E-state index contributed by atoms with van der Waals surface area (Å²) in [5.41, 5.74) is -0.121. The lowest BCUT2D eigenvalue weighted by atomic mass is 9.83. The van der Waals surface area contributed by atoms with Gasteiger partial charge in [-0.15, -0.1) is 0 Å². The fraction of sp³-hybridized carbons (Fsp3) is 0.667. The normalized spacial score (nSPS) is 23.3. The molecule has 1 aromatic heterocycles. The first-order valence-corrected chi connectivity index (χ1v) is 7.44. The number of aromatic nitrogens is 1. The molecule has 6 heteroatoms. The van der Waals surface area contributed by atoms with Crippen LogP contribution in [0.25, 0.3) is 0 Å². The molecule has 2 heterocycles. The summed E-state index contributed by atoms with van der Waals surface area (Å²) in [6.07, 6.45) is 4.33. The van der Waals surface area contributed by atoms with Gasteiger partial charge in [-0.1, -0.05) is 0 Å². The van der Waals surface area contributed by atoms with Crippen molar-refractivity contribution in [1.29, 1.82) is 0 Å². The third-order valence-electron chi connectivity index (χ3n) is 4.32. The molecule has 2 fully saturated rings.